The molecule has 0 heterocycles. The fourth-order valence-electron chi connectivity index (χ4n) is 1.91. The molecular formula is C13H15F3N2O. The number of amides is 1. The van der Waals surface area contributed by atoms with Crippen molar-refractivity contribution < 1.29 is 18.0 Å². The van der Waals surface area contributed by atoms with Gasteiger partial charge in [-0.3, -0.25) is 10.2 Å². The molecule has 1 unspecified atom stereocenters. The summed E-state index contributed by atoms with van der Waals surface area (Å²) in [6, 6.07) is 8.11. The maximum absolute atomic E-state index is 13.0. The van der Waals surface area contributed by atoms with Crippen LogP contribution in [0.1, 0.15) is 30.1 Å². The van der Waals surface area contributed by atoms with Crippen LogP contribution in [-0.2, 0) is 0 Å². The Balaban J connectivity index is 2.02. The third kappa shape index (κ3) is 2.89. The van der Waals surface area contributed by atoms with E-state index in [2.05, 4.69) is 10.9 Å². The van der Waals surface area contributed by atoms with Gasteiger partial charge in [-0.15, -0.1) is 0 Å². The Morgan fingerprint density at radius 2 is 1.79 bits per heavy atom. The quantitative estimate of drug-likeness (QED) is 0.827. The summed E-state index contributed by atoms with van der Waals surface area (Å²) in [6.07, 6.45) is -3.37. The van der Waals surface area contributed by atoms with E-state index < -0.39 is 23.5 Å². The number of benzene rings is 1. The van der Waals surface area contributed by atoms with E-state index in [1.807, 2.05) is 0 Å². The van der Waals surface area contributed by atoms with Crippen molar-refractivity contribution >= 4 is 5.91 Å². The first-order valence-electron chi connectivity index (χ1n) is 6.04. The van der Waals surface area contributed by atoms with E-state index in [1.165, 1.54) is 0 Å². The third-order valence-corrected chi connectivity index (χ3v) is 3.45. The molecule has 1 saturated carbocycles. The Morgan fingerprint density at radius 1 is 1.21 bits per heavy atom. The first-order valence-corrected chi connectivity index (χ1v) is 6.04. The SMILES string of the molecule is CC(NNC(=O)c1ccccc1)(C1CC1)C(F)(F)F. The minimum absolute atomic E-state index is 0.315. The summed E-state index contributed by atoms with van der Waals surface area (Å²) in [7, 11) is 0. The zero-order chi connectivity index (χ0) is 14.1. The van der Waals surface area contributed by atoms with Crippen molar-refractivity contribution in [1.29, 1.82) is 0 Å². The lowest BCUT2D eigenvalue weighted by Crippen LogP contribution is -2.62. The van der Waals surface area contributed by atoms with Gasteiger partial charge in [0.2, 0.25) is 0 Å². The fraction of sp³-hybridized carbons (Fsp3) is 0.462. The maximum Gasteiger partial charge on any atom is 0.408 e. The second kappa shape index (κ2) is 4.85. The van der Waals surface area contributed by atoms with Crippen LogP contribution in [0.25, 0.3) is 0 Å². The van der Waals surface area contributed by atoms with Gasteiger partial charge in [0.05, 0.1) is 0 Å². The molecule has 1 aliphatic rings. The molecule has 0 radical (unpaired) electrons. The average molecular weight is 272 g/mol. The van der Waals surface area contributed by atoms with Crippen LogP contribution in [0.15, 0.2) is 30.3 Å². The van der Waals surface area contributed by atoms with Crippen LogP contribution in [0.4, 0.5) is 13.2 Å². The molecule has 3 nitrogen and oxygen atoms in total. The van der Waals surface area contributed by atoms with Crippen molar-refractivity contribution in [2.45, 2.75) is 31.5 Å². The molecule has 2 N–H and O–H groups in total. The van der Waals surface area contributed by atoms with Gasteiger partial charge < -0.3 is 0 Å². The maximum atomic E-state index is 13.0. The standard InChI is InChI=1S/C13H15F3N2O/c1-12(10-7-8-10,13(14,15)16)18-17-11(19)9-5-3-2-4-6-9/h2-6,10,18H,7-8H2,1H3,(H,17,19). The minimum atomic E-state index is -4.40. The van der Waals surface area contributed by atoms with Crippen molar-refractivity contribution in [3.8, 4) is 0 Å². The van der Waals surface area contributed by atoms with E-state index in [0.717, 1.165) is 6.92 Å². The first-order chi connectivity index (χ1) is 8.84. The van der Waals surface area contributed by atoms with Gasteiger partial charge in [0.15, 0.2) is 0 Å². The molecule has 1 aliphatic carbocycles. The average Bonchev–Trinajstić information content (AvgIpc) is 3.19. The van der Waals surface area contributed by atoms with Crippen LogP contribution in [0, 0.1) is 5.92 Å². The second-order valence-electron chi connectivity index (χ2n) is 4.92. The Hall–Kier alpha value is -1.56. The number of hydrazine groups is 1. The van der Waals surface area contributed by atoms with E-state index in [0.29, 0.717) is 18.4 Å². The number of nitrogens with one attached hydrogen (secondary N) is 2. The normalized spacial score (nSPS) is 18.7. The number of hydrogen-bond acceptors (Lipinski definition) is 2. The predicted octanol–water partition coefficient (Wildman–Crippen LogP) is 2.65. The number of hydrogen-bond donors (Lipinski definition) is 2. The van der Waals surface area contributed by atoms with E-state index in [9.17, 15) is 18.0 Å². The third-order valence-electron chi connectivity index (χ3n) is 3.45. The summed E-state index contributed by atoms with van der Waals surface area (Å²) in [4.78, 5) is 11.7. The molecule has 0 aromatic heterocycles. The highest BCUT2D eigenvalue weighted by Gasteiger charge is 2.59. The Labute approximate surface area is 109 Å². The van der Waals surface area contributed by atoms with Crippen molar-refractivity contribution in [3.05, 3.63) is 35.9 Å². The fourth-order valence-corrected chi connectivity index (χ4v) is 1.91. The summed E-state index contributed by atoms with van der Waals surface area (Å²) < 4.78 is 39.1. The molecule has 1 aromatic rings. The van der Waals surface area contributed by atoms with Crippen LogP contribution in [0.3, 0.4) is 0 Å². The van der Waals surface area contributed by atoms with Crippen LogP contribution < -0.4 is 10.9 Å². The predicted molar refractivity (Wildman–Crippen MR) is 64.2 cm³/mol. The molecule has 1 fully saturated rings. The van der Waals surface area contributed by atoms with Crippen molar-refractivity contribution in [2.75, 3.05) is 0 Å². The molecule has 1 amide bonds. The summed E-state index contributed by atoms with van der Waals surface area (Å²) in [6.45, 7) is 1.08. The largest absolute Gasteiger partial charge is 0.408 e. The lowest BCUT2D eigenvalue weighted by molar-refractivity contribution is -0.200. The van der Waals surface area contributed by atoms with Gasteiger partial charge in [-0.1, -0.05) is 18.2 Å². The van der Waals surface area contributed by atoms with Crippen LogP contribution >= 0.6 is 0 Å². The molecule has 0 spiro atoms. The van der Waals surface area contributed by atoms with Crippen LogP contribution in [-0.4, -0.2) is 17.6 Å². The number of carbonyl (C=O) groups excluding carboxylic acids is 1. The molecule has 0 bridgehead atoms. The molecule has 1 aromatic carbocycles. The monoisotopic (exact) mass is 272 g/mol. The molecule has 1 atom stereocenters. The van der Waals surface area contributed by atoms with Crippen LogP contribution in [0.2, 0.25) is 0 Å². The lowest BCUT2D eigenvalue weighted by atomic mass is 9.96. The lowest BCUT2D eigenvalue weighted by Gasteiger charge is -2.33. The minimum Gasteiger partial charge on any atom is -0.287 e. The zero-order valence-corrected chi connectivity index (χ0v) is 10.4. The van der Waals surface area contributed by atoms with Gasteiger partial charge >= 0.3 is 6.18 Å². The van der Waals surface area contributed by atoms with Crippen LogP contribution in [0.5, 0.6) is 0 Å². The number of carbonyl (C=O) groups is 1. The highest BCUT2D eigenvalue weighted by Crippen LogP contribution is 2.47. The highest BCUT2D eigenvalue weighted by molar-refractivity contribution is 5.93. The summed E-state index contributed by atoms with van der Waals surface area (Å²) in [5, 5.41) is 0. The Bertz CT molecular complexity index is 457. The smallest absolute Gasteiger partial charge is 0.287 e. The number of rotatable bonds is 4. The topological polar surface area (TPSA) is 41.1 Å². The van der Waals surface area contributed by atoms with Gasteiger partial charge in [-0.05, 0) is 37.8 Å². The number of alkyl halides is 3. The van der Waals surface area contributed by atoms with Gasteiger partial charge in [0, 0.05) is 5.56 Å². The zero-order valence-electron chi connectivity index (χ0n) is 10.4. The van der Waals surface area contributed by atoms with Crippen molar-refractivity contribution in [2.24, 2.45) is 5.92 Å². The molecule has 104 valence electrons. The molecule has 0 aliphatic heterocycles. The Morgan fingerprint density at radius 3 is 2.26 bits per heavy atom. The van der Waals surface area contributed by atoms with Crippen molar-refractivity contribution in [3.63, 3.8) is 0 Å². The summed E-state index contributed by atoms with van der Waals surface area (Å²) in [5.41, 5.74) is 2.57. The van der Waals surface area contributed by atoms with E-state index >= 15 is 0 Å². The van der Waals surface area contributed by atoms with E-state index in [-0.39, 0.29) is 0 Å². The van der Waals surface area contributed by atoms with Gasteiger partial charge in [-0.25, -0.2) is 5.43 Å². The first kappa shape index (κ1) is 13.9. The molecule has 0 saturated heterocycles. The summed E-state index contributed by atoms with van der Waals surface area (Å²) >= 11 is 0. The van der Waals surface area contributed by atoms with Gasteiger partial charge in [-0.2, -0.15) is 13.2 Å². The number of halogens is 3. The van der Waals surface area contributed by atoms with Gasteiger partial charge in [0.1, 0.15) is 5.54 Å². The Kier molecular flexibility index (Phi) is 3.54. The highest BCUT2D eigenvalue weighted by atomic mass is 19.4. The van der Waals surface area contributed by atoms with Gasteiger partial charge in [0.25, 0.3) is 5.91 Å². The molecule has 2 rings (SSSR count). The van der Waals surface area contributed by atoms with Crippen molar-refractivity contribution in [1.82, 2.24) is 10.9 Å². The van der Waals surface area contributed by atoms with E-state index in [4.69, 9.17) is 0 Å². The molecular weight excluding hydrogens is 257 g/mol. The second-order valence-corrected chi connectivity index (χ2v) is 4.92. The molecule has 19 heavy (non-hydrogen) atoms. The van der Waals surface area contributed by atoms with E-state index in [1.54, 1.807) is 30.3 Å². The molecule has 6 heteroatoms. The summed E-state index contributed by atoms with van der Waals surface area (Å²) in [5.74, 6) is -1.06.